The fourth-order valence-electron chi connectivity index (χ4n) is 7.03. The van der Waals surface area contributed by atoms with Crippen molar-refractivity contribution in [3.8, 4) is 27.9 Å². The van der Waals surface area contributed by atoms with Crippen molar-refractivity contribution >= 4 is 21.8 Å². The number of nitrogens with zero attached hydrogens (tertiary/aromatic N) is 1. The molecule has 0 radical (unpaired) electrons. The lowest BCUT2D eigenvalue weighted by atomic mass is 9.91. The number of para-hydroxylation sites is 1. The van der Waals surface area contributed by atoms with Crippen LogP contribution >= 0.6 is 0 Å². The highest BCUT2D eigenvalue weighted by Crippen LogP contribution is 2.51. The molecule has 0 amide bonds. The van der Waals surface area contributed by atoms with E-state index < -0.39 is 0 Å². The normalized spacial score (nSPS) is 14.1. The standard InChI is InChI=1S/C33H21N/c1-4-10-25-19(7-1)13-22-17-28-30(18-27(22)25)34-29-12-6-3-9-21(29)15-24-16-23-14-20-8-2-5-11-26(20)31(23)32(28)33(24)34/h1-12,16-18H,13-15H2. The van der Waals surface area contributed by atoms with Crippen LogP contribution in [0.1, 0.15) is 33.4 Å². The molecule has 0 N–H and O–H groups in total. The lowest BCUT2D eigenvalue weighted by molar-refractivity contribution is 1.04. The van der Waals surface area contributed by atoms with Crippen LogP contribution in [0.4, 0.5) is 0 Å². The maximum Gasteiger partial charge on any atom is 0.0583 e. The molecule has 2 aliphatic carbocycles. The van der Waals surface area contributed by atoms with Crippen molar-refractivity contribution in [3.05, 3.63) is 124 Å². The van der Waals surface area contributed by atoms with Crippen LogP contribution in [0.25, 0.3) is 49.7 Å². The zero-order valence-corrected chi connectivity index (χ0v) is 18.7. The molecule has 0 spiro atoms. The van der Waals surface area contributed by atoms with E-state index in [1.165, 1.54) is 83.1 Å². The van der Waals surface area contributed by atoms with Crippen LogP contribution in [-0.4, -0.2) is 4.57 Å². The minimum atomic E-state index is 1.01. The average Bonchev–Trinajstić information content (AvgIpc) is 3.52. The average molecular weight is 432 g/mol. The van der Waals surface area contributed by atoms with Crippen LogP contribution in [0.5, 0.6) is 0 Å². The molecule has 0 atom stereocenters. The number of hydrogen-bond donors (Lipinski definition) is 0. The SMILES string of the molecule is c1ccc2c(c1)Cc1cc3c4c5c(cc6c4n(c3cc1-2)-c1ccccc1C6)Cc1ccccc1-5. The van der Waals surface area contributed by atoms with Crippen LogP contribution in [0.3, 0.4) is 0 Å². The van der Waals surface area contributed by atoms with Gasteiger partial charge in [0.1, 0.15) is 0 Å². The molecule has 1 aromatic heterocycles. The first-order valence-electron chi connectivity index (χ1n) is 12.3. The summed E-state index contributed by atoms with van der Waals surface area (Å²) >= 11 is 0. The molecule has 1 aliphatic heterocycles. The minimum absolute atomic E-state index is 1.01. The van der Waals surface area contributed by atoms with Crippen LogP contribution < -0.4 is 0 Å². The minimum Gasteiger partial charge on any atom is -0.309 e. The van der Waals surface area contributed by atoms with E-state index in [1.54, 1.807) is 0 Å². The largest absolute Gasteiger partial charge is 0.309 e. The van der Waals surface area contributed by atoms with E-state index in [4.69, 9.17) is 0 Å². The van der Waals surface area contributed by atoms with E-state index in [-0.39, 0.29) is 0 Å². The molecule has 1 heteroatoms. The number of rotatable bonds is 0. The van der Waals surface area contributed by atoms with E-state index in [2.05, 4.69) is 95.6 Å². The van der Waals surface area contributed by atoms with Crippen LogP contribution in [0.15, 0.2) is 91.0 Å². The third-order valence-corrected chi connectivity index (χ3v) is 8.39. The van der Waals surface area contributed by atoms with Crippen LogP contribution in [-0.2, 0) is 19.3 Å². The summed E-state index contributed by atoms with van der Waals surface area (Å²) in [5, 5.41) is 2.87. The highest BCUT2D eigenvalue weighted by Gasteiger charge is 2.31. The molecule has 2 heterocycles. The summed E-state index contributed by atoms with van der Waals surface area (Å²) in [6, 6.07) is 34.4. The summed E-state index contributed by atoms with van der Waals surface area (Å²) in [6.45, 7) is 0. The predicted molar refractivity (Wildman–Crippen MR) is 140 cm³/mol. The van der Waals surface area contributed by atoms with Gasteiger partial charge >= 0.3 is 0 Å². The maximum absolute atomic E-state index is 2.57. The molecule has 158 valence electrons. The van der Waals surface area contributed by atoms with Gasteiger partial charge < -0.3 is 4.57 Å². The first kappa shape index (κ1) is 17.4. The van der Waals surface area contributed by atoms with Gasteiger partial charge in [-0.3, -0.25) is 0 Å². The summed E-state index contributed by atoms with van der Waals surface area (Å²) in [6.07, 6.45) is 3.08. The quantitative estimate of drug-likeness (QED) is 0.231. The Kier molecular flexibility index (Phi) is 3.00. The molecular weight excluding hydrogens is 410 g/mol. The van der Waals surface area contributed by atoms with Crippen molar-refractivity contribution < 1.29 is 0 Å². The molecule has 5 aromatic carbocycles. The molecule has 0 unspecified atom stereocenters. The Labute approximate surface area is 197 Å². The molecule has 1 nitrogen and oxygen atoms in total. The Balaban J connectivity index is 1.51. The second kappa shape index (κ2) is 5.87. The summed E-state index contributed by atoms with van der Waals surface area (Å²) in [5.41, 5.74) is 18.6. The molecule has 34 heavy (non-hydrogen) atoms. The number of benzene rings is 5. The zero-order valence-electron chi connectivity index (χ0n) is 18.7. The molecule has 6 aromatic rings. The lowest BCUT2D eigenvalue weighted by Gasteiger charge is -2.21. The Hall–Kier alpha value is -4.10. The van der Waals surface area contributed by atoms with Crippen molar-refractivity contribution in [1.29, 1.82) is 0 Å². The number of hydrogen-bond acceptors (Lipinski definition) is 0. The Morgan fingerprint density at radius 1 is 0.500 bits per heavy atom. The fourth-order valence-corrected chi connectivity index (χ4v) is 7.03. The van der Waals surface area contributed by atoms with E-state index in [9.17, 15) is 0 Å². The van der Waals surface area contributed by atoms with Gasteiger partial charge in [0, 0.05) is 22.9 Å². The maximum atomic E-state index is 2.57. The van der Waals surface area contributed by atoms with Crippen molar-refractivity contribution in [2.45, 2.75) is 19.3 Å². The first-order valence-corrected chi connectivity index (χ1v) is 12.3. The highest BCUT2D eigenvalue weighted by atomic mass is 15.0. The molecular formula is C33H21N. The second-order valence-electron chi connectivity index (χ2n) is 10.1. The number of aromatic nitrogens is 1. The van der Waals surface area contributed by atoms with Gasteiger partial charge in [0.2, 0.25) is 0 Å². The van der Waals surface area contributed by atoms with Gasteiger partial charge in [-0.15, -0.1) is 0 Å². The lowest BCUT2D eigenvalue weighted by Crippen LogP contribution is -2.08. The molecule has 9 rings (SSSR count). The van der Waals surface area contributed by atoms with E-state index in [0.29, 0.717) is 0 Å². The first-order chi connectivity index (χ1) is 16.8. The van der Waals surface area contributed by atoms with E-state index in [0.717, 1.165) is 19.3 Å². The van der Waals surface area contributed by atoms with Gasteiger partial charge in [-0.25, -0.2) is 0 Å². The van der Waals surface area contributed by atoms with E-state index in [1.807, 2.05) is 0 Å². The summed E-state index contributed by atoms with van der Waals surface area (Å²) in [5.74, 6) is 0. The fraction of sp³-hybridized carbons (Fsp3) is 0.0909. The van der Waals surface area contributed by atoms with E-state index >= 15 is 0 Å². The zero-order chi connectivity index (χ0) is 22.0. The van der Waals surface area contributed by atoms with Gasteiger partial charge in [-0.1, -0.05) is 72.8 Å². The van der Waals surface area contributed by atoms with Crippen molar-refractivity contribution in [3.63, 3.8) is 0 Å². The van der Waals surface area contributed by atoms with Crippen molar-refractivity contribution in [2.24, 2.45) is 0 Å². The molecule has 0 saturated carbocycles. The molecule has 0 fully saturated rings. The van der Waals surface area contributed by atoms with Gasteiger partial charge in [0.15, 0.2) is 0 Å². The van der Waals surface area contributed by atoms with Gasteiger partial charge in [0.05, 0.1) is 11.0 Å². The van der Waals surface area contributed by atoms with Crippen molar-refractivity contribution in [2.75, 3.05) is 0 Å². The van der Waals surface area contributed by atoms with Crippen LogP contribution in [0, 0.1) is 0 Å². The third-order valence-electron chi connectivity index (χ3n) is 8.39. The molecule has 0 saturated heterocycles. The Morgan fingerprint density at radius 3 is 2.06 bits per heavy atom. The van der Waals surface area contributed by atoms with Crippen LogP contribution in [0.2, 0.25) is 0 Å². The topological polar surface area (TPSA) is 4.93 Å². The van der Waals surface area contributed by atoms with Gasteiger partial charge in [-0.2, -0.15) is 0 Å². The smallest absolute Gasteiger partial charge is 0.0583 e. The second-order valence-corrected chi connectivity index (χ2v) is 10.1. The number of fused-ring (bicyclic) bond motifs is 12. The van der Waals surface area contributed by atoms with Gasteiger partial charge in [0.25, 0.3) is 0 Å². The van der Waals surface area contributed by atoms with Gasteiger partial charge in [-0.05, 0) is 86.7 Å². The molecule has 0 bridgehead atoms. The Morgan fingerprint density at radius 2 is 1.18 bits per heavy atom. The Bertz CT molecular complexity index is 1880. The van der Waals surface area contributed by atoms with Crippen molar-refractivity contribution in [1.82, 2.24) is 4.57 Å². The monoisotopic (exact) mass is 431 g/mol. The molecule has 3 aliphatic rings. The highest BCUT2D eigenvalue weighted by molar-refractivity contribution is 6.19. The summed E-state index contributed by atoms with van der Waals surface area (Å²) < 4.78 is 2.57. The predicted octanol–water partition coefficient (Wildman–Crippen LogP) is 7.83. The summed E-state index contributed by atoms with van der Waals surface area (Å²) in [7, 11) is 0. The third kappa shape index (κ3) is 1.98. The summed E-state index contributed by atoms with van der Waals surface area (Å²) in [4.78, 5) is 0.